The first-order valence-electron chi connectivity index (χ1n) is 9.26. The molecule has 0 fully saturated rings. The number of pyridine rings is 1. The number of quaternary nitrogens is 1. The minimum atomic E-state index is -0.0701. The third-order valence-electron chi connectivity index (χ3n) is 4.50. The van der Waals surface area contributed by atoms with E-state index in [1.807, 2.05) is 13.8 Å². The normalized spacial score (nSPS) is 15.7. The summed E-state index contributed by atoms with van der Waals surface area (Å²) in [7, 11) is 0. The van der Waals surface area contributed by atoms with Crippen molar-refractivity contribution in [2.45, 2.75) is 26.8 Å². The van der Waals surface area contributed by atoms with Gasteiger partial charge in [0.15, 0.2) is 23.2 Å². The minimum absolute atomic E-state index is 0.0701. The highest BCUT2D eigenvalue weighted by Crippen LogP contribution is 2.32. The van der Waals surface area contributed by atoms with Crippen molar-refractivity contribution in [3.05, 3.63) is 46.7 Å². The molecule has 2 heterocycles. The lowest BCUT2D eigenvalue weighted by Crippen LogP contribution is -3.12. The van der Waals surface area contributed by atoms with E-state index in [4.69, 9.17) is 21.1 Å². The van der Waals surface area contributed by atoms with Crippen molar-refractivity contribution in [2.75, 3.05) is 31.6 Å². The zero-order chi connectivity index (χ0) is 19.2. The molecule has 7 heteroatoms. The van der Waals surface area contributed by atoms with Crippen LogP contribution in [0.15, 0.2) is 30.5 Å². The molecule has 1 atom stereocenters. The molecule has 0 aliphatic carbocycles. The van der Waals surface area contributed by atoms with Gasteiger partial charge in [-0.15, -0.1) is 0 Å². The molecule has 0 bridgehead atoms. The first-order valence-corrected chi connectivity index (χ1v) is 9.63. The summed E-state index contributed by atoms with van der Waals surface area (Å²) in [5.74, 6) is 1.50. The molecule has 3 rings (SSSR count). The summed E-state index contributed by atoms with van der Waals surface area (Å²) in [6, 6.07) is 7.63. The lowest BCUT2D eigenvalue weighted by Gasteiger charge is -2.26. The Hall–Kier alpha value is -2.31. The average Bonchev–Trinajstić information content (AvgIpc) is 2.64. The van der Waals surface area contributed by atoms with Gasteiger partial charge in [-0.2, -0.15) is 0 Å². The first-order chi connectivity index (χ1) is 13.1. The number of amides is 1. The van der Waals surface area contributed by atoms with Crippen LogP contribution in [0, 0.1) is 0 Å². The first kappa shape index (κ1) is 19.5. The van der Waals surface area contributed by atoms with Crippen molar-refractivity contribution in [3.8, 4) is 11.5 Å². The van der Waals surface area contributed by atoms with Gasteiger partial charge in [-0.25, -0.2) is 4.98 Å². The molecule has 0 saturated heterocycles. The van der Waals surface area contributed by atoms with Crippen LogP contribution < -0.4 is 19.7 Å². The van der Waals surface area contributed by atoms with Crippen LogP contribution >= 0.6 is 11.6 Å². The van der Waals surface area contributed by atoms with Crippen LogP contribution in [-0.4, -0.2) is 37.2 Å². The number of fused-ring (bicyclic) bond motifs is 1. The molecule has 0 spiro atoms. The van der Waals surface area contributed by atoms with Crippen molar-refractivity contribution in [2.24, 2.45) is 0 Å². The Bertz CT molecular complexity index is 813. The standard InChI is InChI=1S/C20H24ClN3O3/c1-3-26-17-10-14-7-9-24(12-15(14)11-18(17)27-4-2)13-19(25)23-16-6-5-8-22-20(16)21/h5-6,8,10-11H,3-4,7,9,12-13H2,1-2H3,(H,23,25)/p+1. The topological polar surface area (TPSA) is 64.9 Å². The second kappa shape index (κ2) is 9.06. The predicted molar refractivity (Wildman–Crippen MR) is 105 cm³/mol. The summed E-state index contributed by atoms with van der Waals surface area (Å²) in [5.41, 5.74) is 3.01. The molecule has 1 aliphatic heterocycles. The maximum atomic E-state index is 12.4. The minimum Gasteiger partial charge on any atom is -0.490 e. The largest absolute Gasteiger partial charge is 0.490 e. The average molecular weight is 391 g/mol. The third-order valence-corrected chi connectivity index (χ3v) is 4.80. The lowest BCUT2D eigenvalue weighted by atomic mass is 9.98. The van der Waals surface area contributed by atoms with Crippen molar-refractivity contribution in [3.63, 3.8) is 0 Å². The zero-order valence-electron chi connectivity index (χ0n) is 15.7. The number of halogens is 1. The van der Waals surface area contributed by atoms with E-state index in [1.165, 1.54) is 16.0 Å². The van der Waals surface area contributed by atoms with E-state index in [1.54, 1.807) is 18.3 Å². The second-order valence-corrected chi connectivity index (χ2v) is 6.79. The van der Waals surface area contributed by atoms with Crippen molar-refractivity contribution >= 4 is 23.2 Å². The highest BCUT2D eigenvalue weighted by molar-refractivity contribution is 6.32. The van der Waals surface area contributed by atoms with E-state index in [-0.39, 0.29) is 5.91 Å². The Morgan fingerprint density at radius 3 is 2.59 bits per heavy atom. The van der Waals surface area contributed by atoms with Crippen molar-refractivity contribution in [1.29, 1.82) is 0 Å². The number of hydrogen-bond donors (Lipinski definition) is 2. The van der Waals surface area contributed by atoms with Gasteiger partial charge in [-0.1, -0.05) is 11.6 Å². The van der Waals surface area contributed by atoms with E-state index in [9.17, 15) is 4.79 Å². The molecule has 1 unspecified atom stereocenters. The fourth-order valence-electron chi connectivity index (χ4n) is 3.30. The molecule has 0 saturated carbocycles. The second-order valence-electron chi connectivity index (χ2n) is 6.43. The number of carbonyl (C=O) groups excluding carboxylic acids is 1. The Kier molecular flexibility index (Phi) is 6.53. The van der Waals surface area contributed by atoms with Gasteiger partial charge < -0.3 is 19.7 Å². The molecule has 0 radical (unpaired) electrons. The number of nitrogens with one attached hydrogen (secondary N) is 2. The summed E-state index contributed by atoms with van der Waals surface area (Å²) < 4.78 is 11.4. The van der Waals surface area contributed by atoms with Gasteiger partial charge in [0.25, 0.3) is 5.91 Å². The number of nitrogens with zero attached hydrogens (tertiary/aromatic N) is 1. The summed E-state index contributed by atoms with van der Waals surface area (Å²) in [5, 5.41) is 3.14. The highest BCUT2D eigenvalue weighted by Gasteiger charge is 2.24. The maximum Gasteiger partial charge on any atom is 0.279 e. The molecular weight excluding hydrogens is 366 g/mol. The Balaban J connectivity index is 1.67. The molecular formula is C20H25ClN3O3+. The van der Waals surface area contributed by atoms with E-state index in [0.29, 0.717) is 30.6 Å². The molecule has 2 aromatic rings. The van der Waals surface area contributed by atoms with Gasteiger partial charge in [0.05, 0.1) is 25.4 Å². The van der Waals surface area contributed by atoms with Crippen molar-refractivity contribution in [1.82, 2.24) is 4.98 Å². The molecule has 27 heavy (non-hydrogen) atoms. The van der Waals surface area contributed by atoms with Crippen molar-refractivity contribution < 1.29 is 19.2 Å². The van der Waals surface area contributed by atoms with Gasteiger partial charge in [0.2, 0.25) is 0 Å². The predicted octanol–water partition coefficient (Wildman–Crippen LogP) is 2.11. The quantitative estimate of drug-likeness (QED) is 0.711. The van der Waals surface area contributed by atoms with Crippen LogP contribution in [0.3, 0.4) is 0 Å². The maximum absolute atomic E-state index is 12.4. The van der Waals surface area contributed by atoms with Crippen LogP contribution in [0.1, 0.15) is 25.0 Å². The van der Waals surface area contributed by atoms with Gasteiger partial charge in [-0.05, 0) is 43.7 Å². The number of ether oxygens (including phenoxy) is 2. The van der Waals surface area contributed by atoms with Crippen LogP contribution in [0.25, 0.3) is 0 Å². The molecule has 1 aromatic carbocycles. The fraction of sp³-hybridized carbons (Fsp3) is 0.400. The molecule has 1 aromatic heterocycles. The summed E-state index contributed by atoms with van der Waals surface area (Å²) in [4.78, 5) is 17.6. The smallest absolute Gasteiger partial charge is 0.279 e. The Morgan fingerprint density at radius 2 is 1.93 bits per heavy atom. The SMILES string of the molecule is CCOc1cc2c(cc1OCC)C[NH+](CC(=O)Nc1cccnc1Cl)CC2. The number of aromatic nitrogens is 1. The monoisotopic (exact) mass is 390 g/mol. The van der Waals surface area contributed by atoms with Gasteiger partial charge in [0, 0.05) is 18.2 Å². The summed E-state index contributed by atoms with van der Waals surface area (Å²) in [6.07, 6.45) is 2.50. The van der Waals surface area contributed by atoms with Crippen LogP contribution in [0.2, 0.25) is 5.15 Å². The number of rotatable bonds is 7. The van der Waals surface area contributed by atoms with E-state index < -0.39 is 0 Å². The third kappa shape index (κ3) is 4.90. The van der Waals surface area contributed by atoms with E-state index in [0.717, 1.165) is 31.0 Å². The van der Waals surface area contributed by atoms with Crippen LogP contribution in [-0.2, 0) is 17.8 Å². The van der Waals surface area contributed by atoms with Crippen LogP contribution in [0.5, 0.6) is 11.5 Å². The van der Waals surface area contributed by atoms with Crippen LogP contribution in [0.4, 0.5) is 5.69 Å². The fourth-order valence-corrected chi connectivity index (χ4v) is 3.47. The molecule has 1 aliphatic rings. The zero-order valence-corrected chi connectivity index (χ0v) is 16.4. The number of hydrogen-bond acceptors (Lipinski definition) is 4. The molecule has 144 valence electrons. The number of carbonyl (C=O) groups is 1. The summed E-state index contributed by atoms with van der Waals surface area (Å²) in [6.45, 7) is 7.16. The van der Waals surface area contributed by atoms with Gasteiger partial charge >= 0.3 is 0 Å². The van der Waals surface area contributed by atoms with Gasteiger partial charge in [0.1, 0.15) is 6.54 Å². The van der Waals surface area contributed by atoms with Gasteiger partial charge in [-0.3, -0.25) is 4.79 Å². The summed E-state index contributed by atoms with van der Waals surface area (Å²) >= 11 is 6.01. The molecule has 6 nitrogen and oxygen atoms in total. The number of anilines is 1. The molecule has 2 N–H and O–H groups in total. The number of benzene rings is 1. The van der Waals surface area contributed by atoms with E-state index >= 15 is 0 Å². The lowest BCUT2D eigenvalue weighted by molar-refractivity contribution is -0.907. The highest BCUT2D eigenvalue weighted by atomic mass is 35.5. The Labute approximate surface area is 164 Å². The molecule has 1 amide bonds. The van der Waals surface area contributed by atoms with E-state index in [2.05, 4.69) is 22.4 Å². The Morgan fingerprint density at radius 1 is 1.22 bits per heavy atom.